The number of carbonyl (C=O) groups is 2. The van der Waals surface area contributed by atoms with Crippen LogP contribution in [0.1, 0.15) is 38.5 Å². The largest absolute Gasteiger partial charge is 0.455 e. The molecule has 9 heteroatoms. The molecule has 4 saturated carbocycles. The molecule has 0 aliphatic heterocycles. The van der Waals surface area contributed by atoms with Crippen molar-refractivity contribution in [2.24, 2.45) is 17.8 Å². The predicted octanol–water partition coefficient (Wildman–Crippen LogP) is 1.73. The summed E-state index contributed by atoms with van der Waals surface area (Å²) in [5.74, 6) is 0.125. The van der Waals surface area contributed by atoms with Gasteiger partial charge in [-0.2, -0.15) is 4.72 Å². The molecule has 0 saturated heterocycles. The van der Waals surface area contributed by atoms with Gasteiger partial charge in [0.2, 0.25) is 10.0 Å². The maximum atomic E-state index is 13.2. The highest BCUT2D eigenvalue weighted by Gasteiger charge is 2.51. The molecule has 0 atom stereocenters. The topological polar surface area (TPSA) is 102 Å². The van der Waals surface area contributed by atoms with Gasteiger partial charge in [-0.1, -0.05) is 6.07 Å². The molecule has 0 heterocycles. The van der Waals surface area contributed by atoms with Crippen molar-refractivity contribution >= 4 is 21.9 Å². The van der Waals surface area contributed by atoms with Gasteiger partial charge in [-0.25, -0.2) is 12.8 Å². The van der Waals surface area contributed by atoms with Gasteiger partial charge in [-0.3, -0.25) is 9.59 Å². The number of benzene rings is 1. The van der Waals surface area contributed by atoms with Crippen LogP contribution in [0.2, 0.25) is 0 Å². The molecule has 1 aromatic rings. The van der Waals surface area contributed by atoms with E-state index < -0.39 is 35.0 Å². The second-order valence-electron chi connectivity index (χ2n) is 8.69. The predicted molar refractivity (Wildman–Crippen MR) is 102 cm³/mol. The Bertz CT molecular complexity index is 882. The summed E-state index contributed by atoms with van der Waals surface area (Å²) < 4.78 is 44.3. The van der Waals surface area contributed by atoms with Crippen LogP contribution in [0.3, 0.4) is 0 Å². The molecule has 4 aliphatic rings. The van der Waals surface area contributed by atoms with E-state index >= 15 is 0 Å². The van der Waals surface area contributed by atoms with Crippen molar-refractivity contribution in [2.75, 3.05) is 13.2 Å². The Labute approximate surface area is 169 Å². The van der Waals surface area contributed by atoms with Crippen molar-refractivity contribution in [3.8, 4) is 0 Å². The minimum absolute atomic E-state index is 0.169. The van der Waals surface area contributed by atoms with Crippen LogP contribution in [-0.4, -0.2) is 39.0 Å². The van der Waals surface area contributed by atoms with Crippen molar-refractivity contribution in [1.29, 1.82) is 0 Å². The third kappa shape index (κ3) is 4.61. The quantitative estimate of drug-likeness (QED) is 0.649. The minimum Gasteiger partial charge on any atom is -0.455 e. The number of hydrogen-bond acceptors (Lipinski definition) is 5. The molecule has 29 heavy (non-hydrogen) atoms. The zero-order valence-electron chi connectivity index (χ0n) is 16.0. The average molecular weight is 424 g/mol. The number of esters is 1. The third-order valence-corrected chi connectivity index (χ3v) is 7.72. The van der Waals surface area contributed by atoms with Crippen LogP contribution in [0.4, 0.5) is 4.39 Å². The first-order chi connectivity index (χ1) is 13.7. The number of nitrogens with one attached hydrogen (secondary N) is 2. The first-order valence-corrected chi connectivity index (χ1v) is 11.4. The van der Waals surface area contributed by atoms with E-state index in [1.165, 1.54) is 31.4 Å². The van der Waals surface area contributed by atoms with Crippen molar-refractivity contribution in [3.63, 3.8) is 0 Å². The highest BCUT2D eigenvalue weighted by molar-refractivity contribution is 7.89. The number of carbonyl (C=O) groups excluding carboxylic acids is 2. The van der Waals surface area contributed by atoms with Crippen LogP contribution in [0.5, 0.6) is 0 Å². The van der Waals surface area contributed by atoms with Crippen LogP contribution in [0.25, 0.3) is 0 Å². The third-order valence-electron chi connectivity index (χ3n) is 6.32. The first-order valence-electron chi connectivity index (χ1n) is 9.95. The molecule has 0 unspecified atom stereocenters. The summed E-state index contributed by atoms with van der Waals surface area (Å²) >= 11 is 0. The van der Waals surface area contributed by atoms with Gasteiger partial charge in [0.15, 0.2) is 6.61 Å². The number of sulfonamides is 1. The van der Waals surface area contributed by atoms with Gasteiger partial charge in [-0.15, -0.1) is 0 Å². The van der Waals surface area contributed by atoms with Crippen LogP contribution >= 0.6 is 0 Å². The lowest BCUT2D eigenvalue weighted by Gasteiger charge is -2.56. The lowest BCUT2D eigenvalue weighted by atomic mass is 9.53. The van der Waals surface area contributed by atoms with Gasteiger partial charge in [0, 0.05) is 5.54 Å². The maximum absolute atomic E-state index is 13.2. The molecule has 0 aromatic heterocycles. The smallest absolute Gasteiger partial charge is 0.321 e. The monoisotopic (exact) mass is 424 g/mol. The molecule has 0 radical (unpaired) electrons. The summed E-state index contributed by atoms with van der Waals surface area (Å²) in [4.78, 5) is 23.9. The zero-order chi connectivity index (χ0) is 20.6. The molecule has 4 bridgehead atoms. The van der Waals surface area contributed by atoms with E-state index in [-0.39, 0.29) is 16.3 Å². The Morgan fingerprint density at radius 1 is 1.10 bits per heavy atom. The van der Waals surface area contributed by atoms with E-state index in [1.54, 1.807) is 0 Å². The van der Waals surface area contributed by atoms with E-state index in [2.05, 4.69) is 10.0 Å². The van der Waals surface area contributed by atoms with E-state index in [9.17, 15) is 22.4 Å². The number of rotatable bonds is 7. The zero-order valence-corrected chi connectivity index (χ0v) is 16.8. The average Bonchev–Trinajstić information content (AvgIpc) is 2.63. The van der Waals surface area contributed by atoms with Gasteiger partial charge in [0.25, 0.3) is 5.91 Å². The molecule has 2 N–H and O–H groups in total. The van der Waals surface area contributed by atoms with Crippen LogP contribution in [-0.2, 0) is 24.3 Å². The molecule has 1 aromatic carbocycles. The Morgan fingerprint density at radius 3 is 2.31 bits per heavy atom. The lowest BCUT2D eigenvalue weighted by molar-refractivity contribution is -0.149. The first kappa shape index (κ1) is 20.3. The van der Waals surface area contributed by atoms with Gasteiger partial charge in [0.1, 0.15) is 12.4 Å². The summed E-state index contributed by atoms with van der Waals surface area (Å²) in [7, 11) is -4.04. The lowest BCUT2D eigenvalue weighted by Crippen LogP contribution is -2.60. The number of amides is 1. The Balaban J connectivity index is 1.24. The van der Waals surface area contributed by atoms with Crippen molar-refractivity contribution < 1.29 is 27.1 Å². The fourth-order valence-electron chi connectivity index (χ4n) is 5.66. The molecular weight excluding hydrogens is 399 g/mol. The number of hydrogen-bond donors (Lipinski definition) is 2. The summed E-state index contributed by atoms with van der Waals surface area (Å²) in [5.41, 5.74) is -0.169. The maximum Gasteiger partial charge on any atom is 0.321 e. The van der Waals surface area contributed by atoms with E-state index in [0.29, 0.717) is 17.8 Å². The Hall–Kier alpha value is -2.00. The molecular formula is C20H25FN2O5S. The fraction of sp³-hybridized carbons (Fsp3) is 0.600. The summed E-state index contributed by atoms with van der Waals surface area (Å²) in [6.07, 6.45) is 6.76. The second-order valence-corrected chi connectivity index (χ2v) is 10.5. The SMILES string of the molecule is O=C(COC(=O)CNS(=O)(=O)c1cccc(F)c1)NC12CC3CC(CC(C3)C1)C2. The molecule has 5 rings (SSSR count). The Kier molecular flexibility index (Phi) is 5.37. The van der Waals surface area contributed by atoms with Gasteiger partial charge >= 0.3 is 5.97 Å². The minimum atomic E-state index is -4.04. The van der Waals surface area contributed by atoms with Crippen molar-refractivity contribution in [3.05, 3.63) is 30.1 Å². The van der Waals surface area contributed by atoms with E-state index in [0.717, 1.165) is 31.4 Å². The van der Waals surface area contributed by atoms with Gasteiger partial charge < -0.3 is 10.1 Å². The van der Waals surface area contributed by atoms with Gasteiger partial charge in [-0.05, 0) is 74.5 Å². The molecule has 7 nitrogen and oxygen atoms in total. The normalized spacial score (nSPS) is 30.2. The molecule has 4 aliphatic carbocycles. The molecule has 4 fully saturated rings. The van der Waals surface area contributed by atoms with Crippen molar-refractivity contribution in [2.45, 2.75) is 49.0 Å². The highest BCUT2D eigenvalue weighted by atomic mass is 32.2. The van der Waals surface area contributed by atoms with Crippen molar-refractivity contribution in [1.82, 2.24) is 10.0 Å². The Morgan fingerprint density at radius 2 is 1.72 bits per heavy atom. The molecule has 0 spiro atoms. The van der Waals surface area contributed by atoms with E-state index in [4.69, 9.17) is 4.74 Å². The second kappa shape index (κ2) is 7.68. The summed E-state index contributed by atoms with van der Waals surface area (Å²) in [6.45, 7) is -1.08. The highest BCUT2D eigenvalue weighted by Crippen LogP contribution is 2.55. The van der Waals surface area contributed by atoms with E-state index in [1.807, 2.05) is 0 Å². The summed E-state index contributed by atoms with van der Waals surface area (Å²) in [6, 6.07) is 4.45. The standard InChI is InChI=1S/C20H25FN2O5S/c21-16-2-1-3-17(7-16)29(26,27)22-11-19(25)28-12-18(24)23-20-8-13-4-14(9-20)6-15(5-13)10-20/h1-3,7,13-15,22H,4-6,8-12H2,(H,23,24). The van der Waals surface area contributed by atoms with Crippen LogP contribution in [0, 0.1) is 23.6 Å². The summed E-state index contributed by atoms with van der Waals surface area (Å²) in [5, 5.41) is 3.09. The van der Waals surface area contributed by atoms with Gasteiger partial charge in [0.05, 0.1) is 4.90 Å². The van der Waals surface area contributed by atoms with Crippen LogP contribution < -0.4 is 10.0 Å². The molecule has 1 amide bonds. The molecule has 158 valence electrons. The van der Waals surface area contributed by atoms with Crippen LogP contribution in [0.15, 0.2) is 29.2 Å². The fourth-order valence-corrected chi connectivity index (χ4v) is 6.66. The number of halogens is 1. The number of ether oxygens (including phenoxy) is 1.